The molecule has 0 bridgehead atoms. The molecule has 0 aromatic carbocycles. The van der Waals surface area contributed by atoms with E-state index in [2.05, 4.69) is 19.2 Å². The Hall–Kier alpha value is 0.100. The van der Waals surface area contributed by atoms with Crippen LogP contribution in [0, 0.1) is 5.41 Å². The zero-order valence-electron chi connectivity index (χ0n) is 9.16. The van der Waals surface area contributed by atoms with Crippen molar-refractivity contribution in [1.29, 1.82) is 0 Å². The lowest BCUT2D eigenvalue weighted by atomic mass is 9.87. The molecule has 0 heterocycles. The van der Waals surface area contributed by atoms with E-state index >= 15 is 0 Å². The molecule has 1 aliphatic carbocycles. The largest absolute Gasteiger partial charge is 0.441 e. The molecule has 5 heteroatoms. The third kappa shape index (κ3) is 4.64. The fourth-order valence-electron chi connectivity index (χ4n) is 2.11. The minimum absolute atomic E-state index is 0.0546. The van der Waals surface area contributed by atoms with Crippen LogP contribution in [0.2, 0.25) is 0 Å². The van der Waals surface area contributed by atoms with E-state index < -0.39 is 5.51 Å². The highest BCUT2D eigenvalue weighted by Crippen LogP contribution is 2.37. The van der Waals surface area contributed by atoms with Gasteiger partial charge in [0.2, 0.25) is 0 Å². The van der Waals surface area contributed by atoms with Crippen molar-refractivity contribution < 1.29 is 13.2 Å². The van der Waals surface area contributed by atoms with Gasteiger partial charge in [0.15, 0.2) is 0 Å². The van der Waals surface area contributed by atoms with Gasteiger partial charge in [0.1, 0.15) is 0 Å². The van der Waals surface area contributed by atoms with Crippen molar-refractivity contribution in [3.8, 4) is 0 Å². The highest BCUT2D eigenvalue weighted by molar-refractivity contribution is 8.00. The van der Waals surface area contributed by atoms with Gasteiger partial charge in [0.05, 0.1) is 0 Å². The van der Waals surface area contributed by atoms with Crippen molar-refractivity contribution in [3.05, 3.63) is 0 Å². The molecule has 1 N–H and O–H groups in total. The monoisotopic (exact) mass is 241 g/mol. The first-order valence-corrected chi connectivity index (χ1v) is 6.24. The fraction of sp³-hybridized carbons (Fsp3) is 1.00. The van der Waals surface area contributed by atoms with Gasteiger partial charge in [-0.1, -0.05) is 20.3 Å². The Morgan fingerprint density at radius 2 is 2.07 bits per heavy atom. The first-order valence-electron chi connectivity index (χ1n) is 5.25. The molecule has 1 atom stereocenters. The maximum Gasteiger partial charge on any atom is 0.441 e. The van der Waals surface area contributed by atoms with E-state index in [1.807, 2.05) is 0 Å². The Morgan fingerprint density at radius 1 is 1.40 bits per heavy atom. The van der Waals surface area contributed by atoms with Gasteiger partial charge in [-0.05, 0) is 30.0 Å². The van der Waals surface area contributed by atoms with Gasteiger partial charge in [-0.3, -0.25) is 0 Å². The Morgan fingerprint density at radius 3 is 2.53 bits per heavy atom. The van der Waals surface area contributed by atoms with Crippen LogP contribution in [-0.4, -0.2) is 23.8 Å². The fourth-order valence-corrected chi connectivity index (χ4v) is 2.56. The Labute approximate surface area is 93.2 Å². The summed E-state index contributed by atoms with van der Waals surface area (Å²) < 4.78 is 35.5. The van der Waals surface area contributed by atoms with Crippen molar-refractivity contribution in [2.24, 2.45) is 5.41 Å². The molecule has 0 amide bonds. The van der Waals surface area contributed by atoms with E-state index in [-0.39, 0.29) is 22.9 Å². The van der Waals surface area contributed by atoms with Crippen LogP contribution >= 0.6 is 11.8 Å². The number of hydrogen-bond donors (Lipinski definition) is 1. The number of alkyl halides is 3. The molecule has 0 saturated heterocycles. The third-order valence-electron chi connectivity index (χ3n) is 3.02. The molecule has 15 heavy (non-hydrogen) atoms. The second-order valence-electron chi connectivity index (χ2n) is 4.68. The van der Waals surface area contributed by atoms with E-state index in [4.69, 9.17) is 0 Å². The molecule has 0 spiro atoms. The van der Waals surface area contributed by atoms with Crippen LogP contribution in [0.5, 0.6) is 0 Å². The van der Waals surface area contributed by atoms with Gasteiger partial charge >= 0.3 is 5.51 Å². The van der Waals surface area contributed by atoms with Crippen molar-refractivity contribution in [2.75, 3.05) is 12.3 Å². The summed E-state index contributed by atoms with van der Waals surface area (Å²) in [5, 5.41) is 3.22. The molecule has 0 aromatic rings. The summed E-state index contributed by atoms with van der Waals surface area (Å²) in [4.78, 5) is 0. The van der Waals surface area contributed by atoms with E-state index in [0.717, 1.165) is 12.8 Å². The van der Waals surface area contributed by atoms with Crippen molar-refractivity contribution in [1.82, 2.24) is 5.32 Å². The number of halogens is 3. The lowest BCUT2D eigenvalue weighted by Crippen LogP contribution is -2.39. The van der Waals surface area contributed by atoms with Crippen LogP contribution in [0.1, 0.15) is 33.1 Å². The molecule has 90 valence electrons. The normalized spacial score (nSPS) is 25.8. The van der Waals surface area contributed by atoms with Crippen LogP contribution in [0.25, 0.3) is 0 Å². The Bertz CT molecular complexity index is 203. The van der Waals surface area contributed by atoms with E-state index in [0.29, 0.717) is 12.6 Å². The third-order valence-corrected chi connectivity index (χ3v) is 3.75. The van der Waals surface area contributed by atoms with E-state index in [1.165, 1.54) is 6.42 Å². The van der Waals surface area contributed by atoms with Crippen LogP contribution < -0.4 is 5.32 Å². The van der Waals surface area contributed by atoms with Gasteiger partial charge in [-0.2, -0.15) is 13.2 Å². The second kappa shape index (κ2) is 4.95. The summed E-state index contributed by atoms with van der Waals surface area (Å²) in [6.07, 6.45) is 3.43. The van der Waals surface area contributed by atoms with Crippen LogP contribution in [0.3, 0.4) is 0 Å². The molecular weight excluding hydrogens is 223 g/mol. The molecule has 1 rings (SSSR count). The van der Waals surface area contributed by atoms with Gasteiger partial charge in [0.25, 0.3) is 0 Å². The minimum atomic E-state index is -4.09. The molecule has 0 aliphatic heterocycles. The molecule has 0 aromatic heterocycles. The van der Waals surface area contributed by atoms with Gasteiger partial charge in [-0.25, -0.2) is 0 Å². The second-order valence-corrected chi connectivity index (χ2v) is 5.84. The average molecular weight is 241 g/mol. The summed E-state index contributed by atoms with van der Waals surface area (Å²) >= 11 is 0.0546. The number of thioether (sulfide) groups is 1. The van der Waals surface area contributed by atoms with Gasteiger partial charge in [0, 0.05) is 18.3 Å². The zero-order valence-corrected chi connectivity index (χ0v) is 9.97. The molecular formula is C10H18F3NS. The lowest BCUT2D eigenvalue weighted by molar-refractivity contribution is -0.0327. The summed E-state index contributed by atoms with van der Waals surface area (Å²) in [6.45, 7) is 4.79. The van der Waals surface area contributed by atoms with Gasteiger partial charge in [-0.15, -0.1) is 0 Å². The summed E-state index contributed by atoms with van der Waals surface area (Å²) in [7, 11) is 0. The number of rotatable bonds is 4. The predicted molar refractivity (Wildman–Crippen MR) is 57.9 cm³/mol. The van der Waals surface area contributed by atoms with Crippen LogP contribution in [-0.2, 0) is 0 Å². The minimum Gasteiger partial charge on any atom is -0.313 e. The van der Waals surface area contributed by atoms with Gasteiger partial charge < -0.3 is 5.32 Å². The zero-order chi connectivity index (χ0) is 11.5. The lowest BCUT2D eigenvalue weighted by Gasteiger charge is -2.27. The Kier molecular flexibility index (Phi) is 4.35. The first-order chi connectivity index (χ1) is 6.81. The molecule has 1 nitrogen and oxygen atoms in total. The molecule has 1 fully saturated rings. The van der Waals surface area contributed by atoms with Crippen molar-refractivity contribution >= 4 is 11.8 Å². The van der Waals surface area contributed by atoms with Crippen molar-refractivity contribution in [3.63, 3.8) is 0 Å². The van der Waals surface area contributed by atoms with Crippen LogP contribution in [0.15, 0.2) is 0 Å². The first kappa shape index (κ1) is 13.2. The molecule has 1 aliphatic rings. The number of hydrogen-bond acceptors (Lipinski definition) is 2. The quantitative estimate of drug-likeness (QED) is 0.757. The van der Waals surface area contributed by atoms with Crippen LogP contribution in [0.4, 0.5) is 13.2 Å². The van der Waals surface area contributed by atoms with E-state index in [9.17, 15) is 13.2 Å². The highest BCUT2D eigenvalue weighted by atomic mass is 32.2. The average Bonchev–Trinajstić information content (AvgIpc) is 2.37. The summed E-state index contributed by atoms with van der Waals surface area (Å²) in [6, 6.07) is 0.381. The number of nitrogens with one attached hydrogen (secondary N) is 1. The smallest absolute Gasteiger partial charge is 0.313 e. The van der Waals surface area contributed by atoms with Crippen molar-refractivity contribution in [2.45, 2.75) is 44.7 Å². The summed E-state index contributed by atoms with van der Waals surface area (Å²) in [5.41, 5.74) is -3.85. The Balaban J connectivity index is 2.15. The maximum absolute atomic E-state index is 11.8. The standard InChI is InChI=1S/C10H18F3NS/c1-9(2)5-3-4-8(9)14-6-7-15-10(11,12)13/h8,14H,3-7H2,1-2H3. The molecule has 0 radical (unpaired) electrons. The highest BCUT2D eigenvalue weighted by Gasteiger charge is 2.34. The predicted octanol–water partition coefficient (Wildman–Crippen LogP) is 3.41. The summed E-state index contributed by atoms with van der Waals surface area (Å²) in [5.74, 6) is 0.107. The SMILES string of the molecule is CC1(C)CCCC1NCCSC(F)(F)F. The van der Waals surface area contributed by atoms with E-state index in [1.54, 1.807) is 0 Å². The topological polar surface area (TPSA) is 12.0 Å². The molecule has 1 saturated carbocycles. The molecule has 1 unspecified atom stereocenters. The maximum atomic E-state index is 11.8.